The van der Waals surface area contributed by atoms with E-state index in [9.17, 15) is 0 Å². The van der Waals surface area contributed by atoms with Crippen LogP contribution in [0.25, 0.3) is 16.9 Å². The van der Waals surface area contributed by atoms with E-state index in [2.05, 4.69) is 27.9 Å². The molecule has 1 aromatic carbocycles. The lowest BCUT2D eigenvalue weighted by Gasteiger charge is -2.11. The van der Waals surface area contributed by atoms with Crippen LogP contribution in [0.1, 0.15) is 18.9 Å². The van der Waals surface area contributed by atoms with E-state index in [1.165, 1.54) is 11.9 Å². The number of hydrogen-bond acceptors (Lipinski definition) is 5. The number of fused-ring (bicyclic) bond motifs is 1. The van der Waals surface area contributed by atoms with Gasteiger partial charge in [0.25, 0.3) is 0 Å². The Labute approximate surface area is 122 Å². The first kappa shape index (κ1) is 13.4. The normalized spacial score (nSPS) is 11.0. The van der Waals surface area contributed by atoms with Gasteiger partial charge in [-0.3, -0.25) is 4.57 Å². The first-order valence-corrected chi connectivity index (χ1v) is 6.87. The van der Waals surface area contributed by atoms with Crippen molar-refractivity contribution in [1.82, 2.24) is 19.5 Å². The smallest absolute Gasteiger partial charge is 0.245 e. The quantitative estimate of drug-likeness (QED) is 0.795. The molecule has 0 aliphatic carbocycles. The number of rotatable bonds is 4. The third-order valence-electron chi connectivity index (χ3n) is 3.38. The van der Waals surface area contributed by atoms with Crippen LogP contribution in [-0.2, 0) is 6.42 Å². The number of imidazole rings is 1. The van der Waals surface area contributed by atoms with Crippen molar-refractivity contribution >= 4 is 17.1 Å². The van der Waals surface area contributed by atoms with E-state index in [1.807, 2.05) is 22.8 Å². The van der Waals surface area contributed by atoms with Crippen molar-refractivity contribution in [3.8, 4) is 11.6 Å². The summed E-state index contributed by atoms with van der Waals surface area (Å²) < 4.78 is 7.08. The van der Waals surface area contributed by atoms with E-state index < -0.39 is 0 Å². The zero-order valence-corrected chi connectivity index (χ0v) is 12.1. The molecule has 0 unspecified atom stereocenters. The molecule has 0 bridgehead atoms. The first-order chi connectivity index (χ1) is 10.3. The maximum absolute atomic E-state index is 6.10. The topological polar surface area (TPSA) is 78.9 Å². The number of para-hydroxylation sites is 1. The summed E-state index contributed by atoms with van der Waals surface area (Å²) in [5, 5.41) is 0. The highest BCUT2D eigenvalue weighted by atomic mass is 16.5. The average molecular weight is 283 g/mol. The molecule has 0 amide bonds. The number of benzene rings is 1. The molecule has 3 rings (SSSR count). The molecule has 6 nitrogen and oxygen atoms in total. The highest BCUT2D eigenvalue weighted by Gasteiger charge is 2.17. The van der Waals surface area contributed by atoms with Crippen molar-refractivity contribution in [2.24, 2.45) is 0 Å². The number of aromatic nitrogens is 4. The monoisotopic (exact) mass is 283 g/mol. The van der Waals surface area contributed by atoms with Crippen molar-refractivity contribution < 1.29 is 4.74 Å². The molecule has 0 fully saturated rings. The Hall–Kier alpha value is -2.63. The lowest BCUT2D eigenvalue weighted by molar-refractivity contribution is 0.401. The maximum Gasteiger partial charge on any atom is 0.245 e. The molecular weight excluding hydrogens is 266 g/mol. The third kappa shape index (κ3) is 2.18. The lowest BCUT2D eigenvalue weighted by Crippen LogP contribution is -2.04. The van der Waals surface area contributed by atoms with Gasteiger partial charge in [-0.05, 0) is 18.1 Å². The molecule has 21 heavy (non-hydrogen) atoms. The zero-order chi connectivity index (χ0) is 14.8. The van der Waals surface area contributed by atoms with Crippen LogP contribution in [0.3, 0.4) is 0 Å². The Balaban J connectivity index is 2.28. The van der Waals surface area contributed by atoms with E-state index in [0.717, 1.165) is 18.5 Å². The molecular formula is C15H17N5O. The van der Waals surface area contributed by atoms with Crippen LogP contribution in [0.15, 0.2) is 30.6 Å². The number of aryl methyl sites for hydroxylation is 1. The third-order valence-corrected chi connectivity index (χ3v) is 3.38. The largest absolute Gasteiger partial charge is 0.479 e. The van der Waals surface area contributed by atoms with Crippen LogP contribution in [-0.4, -0.2) is 26.6 Å². The number of ether oxygens (including phenoxy) is 1. The standard InChI is InChI=1S/C15H17N5O/c1-3-6-10-7-4-5-8-11(10)20-13-12(19-15(20)16)14(21-2)18-9-17-13/h4-5,7-9H,3,6H2,1-2H3,(H2,16,19). The van der Waals surface area contributed by atoms with E-state index in [-0.39, 0.29) is 0 Å². The van der Waals surface area contributed by atoms with Crippen LogP contribution in [0, 0.1) is 0 Å². The number of anilines is 1. The molecule has 3 aromatic rings. The van der Waals surface area contributed by atoms with Gasteiger partial charge >= 0.3 is 0 Å². The summed E-state index contributed by atoms with van der Waals surface area (Å²) in [5.74, 6) is 0.811. The first-order valence-electron chi connectivity index (χ1n) is 6.87. The molecule has 2 heterocycles. The second-order valence-electron chi connectivity index (χ2n) is 4.74. The minimum absolute atomic E-state index is 0.382. The summed E-state index contributed by atoms with van der Waals surface area (Å²) in [5.41, 5.74) is 9.54. The van der Waals surface area contributed by atoms with Crippen LogP contribution < -0.4 is 10.5 Å². The fourth-order valence-electron chi connectivity index (χ4n) is 2.49. The van der Waals surface area contributed by atoms with Gasteiger partial charge in [0.15, 0.2) is 11.2 Å². The molecule has 0 radical (unpaired) electrons. The average Bonchev–Trinajstić information content (AvgIpc) is 2.84. The Morgan fingerprint density at radius 2 is 2.05 bits per heavy atom. The molecule has 0 saturated heterocycles. The summed E-state index contributed by atoms with van der Waals surface area (Å²) in [6.45, 7) is 2.15. The van der Waals surface area contributed by atoms with Crippen LogP contribution >= 0.6 is 0 Å². The Morgan fingerprint density at radius 3 is 2.81 bits per heavy atom. The number of hydrogen-bond donors (Lipinski definition) is 1. The SMILES string of the molecule is CCCc1ccccc1-n1c(N)nc2c(OC)ncnc21. The van der Waals surface area contributed by atoms with E-state index in [0.29, 0.717) is 23.0 Å². The summed E-state index contributed by atoms with van der Waals surface area (Å²) in [6, 6.07) is 8.14. The number of nitrogens with zero attached hydrogens (tertiary/aromatic N) is 4. The minimum atomic E-state index is 0.382. The second-order valence-corrected chi connectivity index (χ2v) is 4.74. The highest BCUT2D eigenvalue weighted by molar-refractivity contribution is 5.81. The molecule has 0 aliphatic rings. The molecule has 108 valence electrons. The van der Waals surface area contributed by atoms with Crippen molar-refractivity contribution in [3.05, 3.63) is 36.2 Å². The molecule has 2 aromatic heterocycles. The van der Waals surface area contributed by atoms with Crippen LogP contribution in [0.2, 0.25) is 0 Å². The molecule has 6 heteroatoms. The van der Waals surface area contributed by atoms with Gasteiger partial charge in [-0.1, -0.05) is 31.5 Å². The fourth-order valence-corrected chi connectivity index (χ4v) is 2.49. The van der Waals surface area contributed by atoms with Crippen LogP contribution in [0.5, 0.6) is 5.88 Å². The van der Waals surface area contributed by atoms with E-state index in [4.69, 9.17) is 10.5 Å². The summed E-state index contributed by atoms with van der Waals surface area (Å²) in [7, 11) is 1.56. The minimum Gasteiger partial charge on any atom is -0.479 e. The van der Waals surface area contributed by atoms with E-state index >= 15 is 0 Å². The second kappa shape index (κ2) is 5.40. The molecule has 0 atom stereocenters. The van der Waals surface area contributed by atoms with Gasteiger partial charge in [-0.25, -0.2) is 9.97 Å². The predicted molar refractivity (Wildman–Crippen MR) is 81.6 cm³/mol. The molecule has 2 N–H and O–H groups in total. The predicted octanol–water partition coefficient (Wildman–Crippen LogP) is 2.36. The van der Waals surface area contributed by atoms with Gasteiger partial charge in [0.05, 0.1) is 12.8 Å². The van der Waals surface area contributed by atoms with Gasteiger partial charge in [-0.15, -0.1) is 0 Å². The van der Waals surface area contributed by atoms with Gasteiger partial charge < -0.3 is 10.5 Å². The van der Waals surface area contributed by atoms with E-state index in [1.54, 1.807) is 7.11 Å². The zero-order valence-electron chi connectivity index (χ0n) is 12.1. The van der Waals surface area contributed by atoms with Crippen molar-refractivity contribution in [2.75, 3.05) is 12.8 Å². The summed E-state index contributed by atoms with van der Waals surface area (Å²) in [4.78, 5) is 12.7. The van der Waals surface area contributed by atoms with Gasteiger partial charge in [0.2, 0.25) is 11.8 Å². The summed E-state index contributed by atoms with van der Waals surface area (Å²) in [6.07, 6.45) is 3.49. The molecule has 0 spiro atoms. The molecule has 0 saturated carbocycles. The van der Waals surface area contributed by atoms with Gasteiger partial charge in [0, 0.05) is 0 Å². The highest BCUT2D eigenvalue weighted by Crippen LogP contribution is 2.28. The Kier molecular flexibility index (Phi) is 3.43. The number of nitrogen functional groups attached to an aromatic ring is 1. The van der Waals surface area contributed by atoms with Gasteiger partial charge in [-0.2, -0.15) is 4.98 Å². The number of methoxy groups -OCH3 is 1. The number of nitrogens with two attached hydrogens (primary N) is 1. The van der Waals surface area contributed by atoms with Crippen molar-refractivity contribution in [2.45, 2.75) is 19.8 Å². The Bertz CT molecular complexity index is 781. The lowest BCUT2D eigenvalue weighted by atomic mass is 10.1. The maximum atomic E-state index is 6.10. The van der Waals surface area contributed by atoms with Crippen molar-refractivity contribution in [3.63, 3.8) is 0 Å². The van der Waals surface area contributed by atoms with Gasteiger partial charge in [0.1, 0.15) is 6.33 Å². The summed E-state index contributed by atoms with van der Waals surface area (Å²) >= 11 is 0. The Morgan fingerprint density at radius 1 is 1.24 bits per heavy atom. The molecule has 0 aliphatic heterocycles. The fraction of sp³-hybridized carbons (Fsp3) is 0.267. The van der Waals surface area contributed by atoms with Crippen LogP contribution in [0.4, 0.5) is 5.95 Å². The van der Waals surface area contributed by atoms with Crippen molar-refractivity contribution in [1.29, 1.82) is 0 Å².